The largest absolute Gasteiger partial charge is 0.361 e. The summed E-state index contributed by atoms with van der Waals surface area (Å²) in [5.41, 5.74) is 3.67. The van der Waals surface area contributed by atoms with Gasteiger partial charge in [-0.05, 0) is 50.2 Å². The van der Waals surface area contributed by atoms with Crippen molar-refractivity contribution in [1.82, 2.24) is 4.90 Å². The number of hydrogen-bond donors (Lipinski definition) is 0. The Kier molecular flexibility index (Phi) is 4.09. The van der Waals surface area contributed by atoms with Gasteiger partial charge in [0.1, 0.15) is 5.60 Å². The van der Waals surface area contributed by atoms with E-state index in [2.05, 4.69) is 73.6 Å². The monoisotopic (exact) mass is 281 g/mol. The van der Waals surface area contributed by atoms with Crippen LogP contribution in [0.4, 0.5) is 0 Å². The van der Waals surface area contributed by atoms with Gasteiger partial charge in [0.05, 0.1) is 6.61 Å². The zero-order valence-electron chi connectivity index (χ0n) is 12.9. The molecule has 2 aromatic carbocycles. The first-order valence-electron chi connectivity index (χ1n) is 7.65. The molecule has 3 rings (SSSR count). The number of benzene rings is 2. The molecule has 0 fully saturated rings. The van der Waals surface area contributed by atoms with Crippen LogP contribution in [0.15, 0.2) is 54.6 Å². The Balaban J connectivity index is 1.97. The predicted octanol–water partition coefficient (Wildman–Crippen LogP) is 3.80. The van der Waals surface area contributed by atoms with Gasteiger partial charge in [0.15, 0.2) is 0 Å². The van der Waals surface area contributed by atoms with Crippen LogP contribution in [0.1, 0.15) is 29.5 Å². The Morgan fingerprint density at radius 1 is 1.00 bits per heavy atom. The summed E-state index contributed by atoms with van der Waals surface area (Å²) in [5.74, 6) is 0. The molecule has 0 spiro atoms. The molecule has 0 bridgehead atoms. The van der Waals surface area contributed by atoms with Crippen molar-refractivity contribution in [2.75, 3.05) is 20.6 Å². The van der Waals surface area contributed by atoms with Gasteiger partial charge in [0, 0.05) is 0 Å². The fraction of sp³-hybridized carbons (Fsp3) is 0.368. The van der Waals surface area contributed by atoms with Gasteiger partial charge in [0.2, 0.25) is 0 Å². The van der Waals surface area contributed by atoms with E-state index in [-0.39, 0.29) is 5.60 Å². The summed E-state index contributed by atoms with van der Waals surface area (Å²) < 4.78 is 6.36. The van der Waals surface area contributed by atoms with Crippen LogP contribution in [0.3, 0.4) is 0 Å². The lowest BCUT2D eigenvalue weighted by Crippen LogP contribution is -2.28. The van der Waals surface area contributed by atoms with Crippen molar-refractivity contribution in [1.29, 1.82) is 0 Å². The van der Waals surface area contributed by atoms with Gasteiger partial charge in [-0.3, -0.25) is 0 Å². The molecule has 1 aliphatic rings. The molecule has 2 nitrogen and oxygen atoms in total. The molecule has 2 heteroatoms. The third-order valence-corrected chi connectivity index (χ3v) is 4.30. The van der Waals surface area contributed by atoms with E-state index < -0.39 is 0 Å². The van der Waals surface area contributed by atoms with Crippen molar-refractivity contribution in [3.8, 4) is 0 Å². The van der Waals surface area contributed by atoms with Crippen LogP contribution in [0.2, 0.25) is 0 Å². The van der Waals surface area contributed by atoms with E-state index >= 15 is 0 Å². The Hall–Kier alpha value is -1.64. The first kappa shape index (κ1) is 14.3. The van der Waals surface area contributed by atoms with Gasteiger partial charge in [-0.1, -0.05) is 54.6 Å². The van der Waals surface area contributed by atoms with Gasteiger partial charge < -0.3 is 9.64 Å². The topological polar surface area (TPSA) is 12.5 Å². The molecule has 0 saturated heterocycles. The average molecular weight is 281 g/mol. The maximum atomic E-state index is 6.36. The van der Waals surface area contributed by atoms with Crippen molar-refractivity contribution in [3.63, 3.8) is 0 Å². The van der Waals surface area contributed by atoms with E-state index in [0.29, 0.717) is 6.61 Å². The van der Waals surface area contributed by atoms with Crippen LogP contribution in [0.5, 0.6) is 0 Å². The number of nitrogens with zero attached hydrogens (tertiary/aromatic N) is 1. The molecular weight excluding hydrogens is 258 g/mol. The molecule has 0 saturated carbocycles. The average Bonchev–Trinajstić information content (AvgIpc) is 2.88. The van der Waals surface area contributed by atoms with Crippen molar-refractivity contribution in [3.05, 3.63) is 71.3 Å². The molecule has 1 unspecified atom stereocenters. The first-order valence-corrected chi connectivity index (χ1v) is 7.65. The summed E-state index contributed by atoms with van der Waals surface area (Å²) in [6.45, 7) is 1.80. The van der Waals surface area contributed by atoms with E-state index in [1.165, 1.54) is 16.7 Å². The smallest absolute Gasteiger partial charge is 0.119 e. The van der Waals surface area contributed by atoms with Crippen LogP contribution in [-0.2, 0) is 16.9 Å². The van der Waals surface area contributed by atoms with E-state index in [1.807, 2.05) is 0 Å². The molecule has 0 radical (unpaired) electrons. The fourth-order valence-electron chi connectivity index (χ4n) is 3.26. The van der Waals surface area contributed by atoms with Crippen molar-refractivity contribution < 1.29 is 4.74 Å². The van der Waals surface area contributed by atoms with Crippen LogP contribution in [0.25, 0.3) is 0 Å². The molecule has 1 atom stereocenters. The summed E-state index contributed by atoms with van der Waals surface area (Å²) >= 11 is 0. The fourth-order valence-corrected chi connectivity index (χ4v) is 3.26. The summed E-state index contributed by atoms with van der Waals surface area (Å²) in [4.78, 5) is 2.24. The van der Waals surface area contributed by atoms with Crippen LogP contribution in [-0.4, -0.2) is 25.5 Å². The van der Waals surface area contributed by atoms with Gasteiger partial charge >= 0.3 is 0 Å². The lowest BCUT2D eigenvalue weighted by atomic mass is 9.82. The summed E-state index contributed by atoms with van der Waals surface area (Å²) in [7, 11) is 4.25. The molecule has 0 N–H and O–H groups in total. The molecule has 110 valence electrons. The Morgan fingerprint density at radius 2 is 1.71 bits per heavy atom. The van der Waals surface area contributed by atoms with E-state index in [4.69, 9.17) is 4.74 Å². The van der Waals surface area contributed by atoms with Crippen molar-refractivity contribution in [2.24, 2.45) is 0 Å². The lowest BCUT2D eigenvalue weighted by Gasteiger charge is -2.31. The summed E-state index contributed by atoms with van der Waals surface area (Å²) in [6.07, 6.45) is 2.14. The number of fused-ring (bicyclic) bond motifs is 1. The van der Waals surface area contributed by atoms with E-state index in [1.54, 1.807) is 0 Å². The highest BCUT2D eigenvalue weighted by Crippen LogP contribution is 2.45. The minimum Gasteiger partial charge on any atom is -0.361 e. The number of rotatable bonds is 5. The highest BCUT2D eigenvalue weighted by Gasteiger charge is 2.40. The van der Waals surface area contributed by atoms with Gasteiger partial charge in [-0.25, -0.2) is 0 Å². The molecule has 0 aliphatic carbocycles. The number of hydrogen-bond acceptors (Lipinski definition) is 2. The molecule has 1 aliphatic heterocycles. The van der Waals surface area contributed by atoms with Crippen LogP contribution in [0, 0.1) is 0 Å². The maximum absolute atomic E-state index is 6.36. The van der Waals surface area contributed by atoms with Crippen molar-refractivity contribution in [2.45, 2.75) is 25.0 Å². The highest BCUT2D eigenvalue weighted by atomic mass is 16.5. The summed E-state index contributed by atoms with van der Waals surface area (Å²) in [5, 5.41) is 0. The second kappa shape index (κ2) is 6.00. The quantitative estimate of drug-likeness (QED) is 0.826. The normalized spacial score (nSPS) is 20.7. The zero-order chi connectivity index (χ0) is 14.7. The Bertz CT molecular complexity index is 594. The second-order valence-electron chi connectivity index (χ2n) is 6.05. The maximum Gasteiger partial charge on any atom is 0.119 e. The predicted molar refractivity (Wildman–Crippen MR) is 86.2 cm³/mol. The molecule has 21 heavy (non-hydrogen) atoms. The minimum absolute atomic E-state index is 0.270. The molecule has 0 aromatic heterocycles. The molecule has 2 aromatic rings. The molecular formula is C19H23NO. The van der Waals surface area contributed by atoms with Gasteiger partial charge in [-0.2, -0.15) is 0 Å². The highest BCUT2D eigenvalue weighted by molar-refractivity contribution is 5.43. The second-order valence-corrected chi connectivity index (χ2v) is 6.05. The molecule has 1 heterocycles. The summed E-state index contributed by atoms with van der Waals surface area (Å²) in [6, 6.07) is 19.3. The van der Waals surface area contributed by atoms with Gasteiger partial charge in [-0.15, -0.1) is 0 Å². The molecule has 0 amide bonds. The SMILES string of the molecule is CN(C)CCCC1(c2ccccc2)OCc2ccccc21. The number of ether oxygens (including phenoxy) is 1. The third-order valence-electron chi connectivity index (χ3n) is 4.30. The van der Waals surface area contributed by atoms with Crippen LogP contribution >= 0.6 is 0 Å². The zero-order valence-corrected chi connectivity index (χ0v) is 12.9. The van der Waals surface area contributed by atoms with E-state index in [0.717, 1.165) is 19.4 Å². The van der Waals surface area contributed by atoms with Gasteiger partial charge in [0.25, 0.3) is 0 Å². The standard InChI is InChI=1S/C19H23NO/c1-20(2)14-8-13-19(17-10-4-3-5-11-17)18-12-7-6-9-16(18)15-21-19/h3-7,9-12H,8,13-15H2,1-2H3. The van der Waals surface area contributed by atoms with E-state index in [9.17, 15) is 0 Å². The third kappa shape index (κ3) is 2.74. The first-order chi connectivity index (χ1) is 10.2. The van der Waals surface area contributed by atoms with Crippen LogP contribution < -0.4 is 0 Å². The Labute approximate surface area is 127 Å². The van der Waals surface area contributed by atoms with Crippen molar-refractivity contribution >= 4 is 0 Å². The lowest BCUT2D eigenvalue weighted by molar-refractivity contribution is -0.0139. The minimum atomic E-state index is -0.270. The Morgan fingerprint density at radius 3 is 2.48 bits per heavy atom.